The molecule has 0 amide bonds. The Hall–Kier alpha value is -0.440. The highest BCUT2D eigenvalue weighted by molar-refractivity contribution is 6.42. The molecule has 0 radical (unpaired) electrons. The molecule has 3 rings (SSSR count). The fraction of sp³-hybridized carbons (Fsp3) is 0.455. The van der Waals surface area contributed by atoms with Crippen molar-refractivity contribution in [2.75, 3.05) is 31.1 Å². The van der Waals surface area contributed by atoms with Crippen LogP contribution >= 0.6 is 23.2 Å². The minimum Gasteiger partial charge on any atom is -0.370 e. The average molecular weight is 243 g/mol. The molecule has 0 unspecified atom stereocenters. The quantitative estimate of drug-likeness (QED) is 0.814. The molecule has 1 aromatic rings. The Balaban J connectivity index is 1.75. The Morgan fingerprint density at radius 3 is 2.40 bits per heavy atom. The van der Waals surface area contributed by atoms with Crippen molar-refractivity contribution in [3.63, 3.8) is 0 Å². The van der Waals surface area contributed by atoms with Crippen LogP contribution in [0.3, 0.4) is 0 Å². The molecular weight excluding hydrogens is 231 g/mol. The van der Waals surface area contributed by atoms with Gasteiger partial charge < -0.3 is 10.2 Å². The highest BCUT2D eigenvalue weighted by Crippen LogP contribution is 2.38. The normalized spacial score (nSPS) is 22.4. The van der Waals surface area contributed by atoms with E-state index in [9.17, 15) is 0 Å². The van der Waals surface area contributed by atoms with E-state index >= 15 is 0 Å². The monoisotopic (exact) mass is 242 g/mol. The van der Waals surface area contributed by atoms with Gasteiger partial charge in [0.05, 0.1) is 10.0 Å². The molecule has 0 aromatic heterocycles. The van der Waals surface area contributed by atoms with Gasteiger partial charge in [-0.05, 0) is 18.2 Å². The van der Waals surface area contributed by atoms with Crippen LogP contribution in [0, 0.1) is 5.41 Å². The lowest BCUT2D eigenvalue weighted by Crippen LogP contribution is -2.71. The molecular formula is C11H12Cl2N2. The number of halogens is 2. The van der Waals surface area contributed by atoms with E-state index in [1.54, 1.807) is 0 Å². The van der Waals surface area contributed by atoms with E-state index in [-0.39, 0.29) is 0 Å². The molecule has 0 aliphatic carbocycles. The molecule has 2 nitrogen and oxygen atoms in total. The van der Waals surface area contributed by atoms with Gasteiger partial charge in [-0.15, -0.1) is 0 Å². The summed E-state index contributed by atoms with van der Waals surface area (Å²) in [6, 6.07) is 5.85. The molecule has 0 bridgehead atoms. The maximum Gasteiger partial charge on any atom is 0.0612 e. The Labute approximate surface area is 99.2 Å². The van der Waals surface area contributed by atoms with Crippen LogP contribution in [0.25, 0.3) is 0 Å². The van der Waals surface area contributed by atoms with Crippen molar-refractivity contribution >= 4 is 28.9 Å². The number of anilines is 1. The summed E-state index contributed by atoms with van der Waals surface area (Å²) in [4.78, 5) is 2.35. The fourth-order valence-corrected chi connectivity index (χ4v) is 2.62. The topological polar surface area (TPSA) is 15.3 Å². The number of hydrogen-bond donors (Lipinski definition) is 1. The van der Waals surface area contributed by atoms with Gasteiger partial charge in [0.1, 0.15) is 0 Å². The van der Waals surface area contributed by atoms with E-state index in [0.717, 1.165) is 26.2 Å². The first-order chi connectivity index (χ1) is 7.19. The second-order valence-electron chi connectivity index (χ2n) is 4.56. The van der Waals surface area contributed by atoms with Crippen LogP contribution in [0.1, 0.15) is 0 Å². The molecule has 0 atom stereocenters. The van der Waals surface area contributed by atoms with E-state index in [2.05, 4.69) is 10.2 Å². The van der Waals surface area contributed by atoms with Crippen LogP contribution in [-0.2, 0) is 0 Å². The van der Waals surface area contributed by atoms with E-state index in [0.29, 0.717) is 15.5 Å². The number of benzene rings is 1. The Kier molecular flexibility index (Phi) is 2.13. The largest absolute Gasteiger partial charge is 0.370 e. The van der Waals surface area contributed by atoms with Gasteiger partial charge in [-0.1, -0.05) is 23.2 Å². The average Bonchev–Trinajstić information content (AvgIpc) is 2.06. The molecule has 2 fully saturated rings. The van der Waals surface area contributed by atoms with Crippen LogP contribution in [0.5, 0.6) is 0 Å². The zero-order chi connectivity index (χ0) is 10.5. The van der Waals surface area contributed by atoms with Crippen LogP contribution in [0.15, 0.2) is 18.2 Å². The Bertz CT molecular complexity index is 394. The molecule has 2 heterocycles. The first kappa shape index (κ1) is 9.76. The molecule has 4 heteroatoms. The summed E-state index contributed by atoms with van der Waals surface area (Å²) in [7, 11) is 0. The van der Waals surface area contributed by atoms with Crippen molar-refractivity contribution in [3.8, 4) is 0 Å². The zero-order valence-corrected chi connectivity index (χ0v) is 9.78. The molecule has 2 saturated heterocycles. The van der Waals surface area contributed by atoms with Gasteiger partial charge in [-0.25, -0.2) is 0 Å². The fourth-order valence-electron chi connectivity index (χ4n) is 2.33. The predicted molar refractivity (Wildman–Crippen MR) is 64.0 cm³/mol. The minimum atomic E-state index is 0.548. The second-order valence-corrected chi connectivity index (χ2v) is 5.37. The summed E-state index contributed by atoms with van der Waals surface area (Å²) in [5, 5.41) is 4.59. The lowest BCUT2D eigenvalue weighted by Gasteiger charge is -2.57. The van der Waals surface area contributed by atoms with Crippen molar-refractivity contribution in [2.45, 2.75) is 0 Å². The summed E-state index contributed by atoms with van der Waals surface area (Å²) in [5.74, 6) is 0. The smallest absolute Gasteiger partial charge is 0.0612 e. The van der Waals surface area contributed by atoms with Gasteiger partial charge in [0.2, 0.25) is 0 Å². The van der Waals surface area contributed by atoms with Crippen molar-refractivity contribution in [1.82, 2.24) is 5.32 Å². The first-order valence-corrected chi connectivity index (χ1v) is 5.85. The maximum absolute atomic E-state index is 5.99. The first-order valence-electron chi connectivity index (χ1n) is 5.09. The number of rotatable bonds is 1. The minimum absolute atomic E-state index is 0.548. The lowest BCUT2D eigenvalue weighted by atomic mass is 9.74. The zero-order valence-electron chi connectivity index (χ0n) is 8.26. The number of nitrogens with zero attached hydrogens (tertiary/aromatic N) is 1. The molecule has 0 saturated carbocycles. The summed E-state index contributed by atoms with van der Waals surface area (Å²) >= 11 is 11.9. The SMILES string of the molecule is Clc1ccc(N2CC3(CNC3)C2)cc1Cl. The maximum atomic E-state index is 5.99. The van der Waals surface area contributed by atoms with Crippen molar-refractivity contribution in [2.24, 2.45) is 5.41 Å². The molecule has 80 valence electrons. The summed E-state index contributed by atoms with van der Waals surface area (Å²) in [5.41, 5.74) is 1.73. The summed E-state index contributed by atoms with van der Waals surface area (Å²) < 4.78 is 0. The van der Waals surface area contributed by atoms with Crippen LogP contribution in [-0.4, -0.2) is 26.2 Å². The van der Waals surface area contributed by atoms with Gasteiger partial charge in [-0.2, -0.15) is 0 Å². The van der Waals surface area contributed by atoms with Gasteiger partial charge in [0.25, 0.3) is 0 Å². The molecule has 1 spiro atoms. The van der Waals surface area contributed by atoms with Crippen molar-refractivity contribution in [1.29, 1.82) is 0 Å². The van der Waals surface area contributed by atoms with E-state index in [1.807, 2.05) is 18.2 Å². The molecule has 2 aliphatic heterocycles. The molecule has 2 aliphatic rings. The van der Waals surface area contributed by atoms with Crippen LogP contribution < -0.4 is 10.2 Å². The Morgan fingerprint density at radius 2 is 1.87 bits per heavy atom. The summed E-state index contributed by atoms with van der Waals surface area (Å²) in [6.45, 7) is 4.59. The number of nitrogens with one attached hydrogen (secondary N) is 1. The number of hydrogen-bond acceptors (Lipinski definition) is 2. The van der Waals surface area contributed by atoms with Gasteiger partial charge >= 0.3 is 0 Å². The highest BCUT2D eigenvalue weighted by Gasteiger charge is 2.47. The predicted octanol–water partition coefficient (Wildman–Crippen LogP) is 2.40. The molecule has 1 N–H and O–H groups in total. The van der Waals surface area contributed by atoms with Gasteiger partial charge in [0, 0.05) is 37.3 Å². The third-order valence-corrected chi connectivity index (χ3v) is 4.06. The van der Waals surface area contributed by atoms with Crippen molar-refractivity contribution in [3.05, 3.63) is 28.2 Å². The third-order valence-electron chi connectivity index (χ3n) is 3.32. The standard InChI is InChI=1S/C11H12Cl2N2/c12-9-2-1-8(3-10(9)13)15-6-11(7-15)4-14-5-11/h1-3,14H,4-7H2. The Morgan fingerprint density at radius 1 is 1.13 bits per heavy atom. The third kappa shape index (κ3) is 1.52. The molecule has 1 aromatic carbocycles. The van der Waals surface area contributed by atoms with Crippen LogP contribution in [0.2, 0.25) is 10.0 Å². The summed E-state index contributed by atoms with van der Waals surface area (Å²) in [6.07, 6.45) is 0. The van der Waals surface area contributed by atoms with Crippen LogP contribution in [0.4, 0.5) is 5.69 Å². The van der Waals surface area contributed by atoms with E-state index in [4.69, 9.17) is 23.2 Å². The lowest BCUT2D eigenvalue weighted by molar-refractivity contribution is 0.121. The molecule has 15 heavy (non-hydrogen) atoms. The highest BCUT2D eigenvalue weighted by atomic mass is 35.5. The van der Waals surface area contributed by atoms with Gasteiger partial charge in [0.15, 0.2) is 0 Å². The van der Waals surface area contributed by atoms with Crippen molar-refractivity contribution < 1.29 is 0 Å². The second kappa shape index (κ2) is 3.27. The van der Waals surface area contributed by atoms with E-state index < -0.39 is 0 Å². The van der Waals surface area contributed by atoms with E-state index in [1.165, 1.54) is 5.69 Å². The van der Waals surface area contributed by atoms with Gasteiger partial charge in [-0.3, -0.25) is 0 Å².